The Balaban J connectivity index is 1.89. The summed E-state index contributed by atoms with van der Waals surface area (Å²) in [6.07, 6.45) is 6.99. The van der Waals surface area contributed by atoms with Gasteiger partial charge in [0.15, 0.2) is 0 Å². The van der Waals surface area contributed by atoms with Gasteiger partial charge in [0.25, 0.3) is 0 Å². The van der Waals surface area contributed by atoms with Gasteiger partial charge in [0.2, 0.25) is 0 Å². The maximum atomic E-state index is 10.00. The molecule has 1 aromatic rings. The molecule has 1 aromatic carbocycles. The zero-order valence-corrected chi connectivity index (χ0v) is 10.2. The molecule has 0 amide bonds. The van der Waals surface area contributed by atoms with Gasteiger partial charge in [0.05, 0.1) is 6.10 Å². The third kappa shape index (κ3) is 3.34. The second kappa shape index (κ2) is 5.49. The van der Waals surface area contributed by atoms with Crippen LogP contribution in [0.1, 0.15) is 56.3 Å². The molecule has 0 aromatic heterocycles. The minimum atomic E-state index is -0.243. The van der Waals surface area contributed by atoms with Gasteiger partial charge in [0, 0.05) is 0 Å². The Morgan fingerprint density at radius 2 is 1.94 bits per heavy atom. The Morgan fingerprint density at radius 1 is 1.25 bits per heavy atom. The molecule has 1 N–H and O–H groups in total. The van der Waals surface area contributed by atoms with Crippen molar-refractivity contribution in [2.24, 2.45) is 5.92 Å². The van der Waals surface area contributed by atoms with E-state index in [1.807, 2.05) is 0 Å². The van der Waals surface area contributed by atoms with Gasteiger partial charge in [0.1, 0.15) is 0 Å². The summed E-state index contributed by atoms with van der Waals surface area (Å²) in [4.78, 5) is 0. The van der Waals surface area contributed by atoms with Crippen LogP contribution in [0, 0.1) is 5.92 Å². The normalized spacial score (nSPS) is 17.4. The van der Waals surface area contributed by atoms with Crippen LogP contribution in [0.15, 0.2) is 24.3 Å². The first kappa shape index (κ1) is 11.7. The molecule has 0 spiro atoms. The number of hydrogen-bond donors (Lipinski definition) is 1. The molecule has 0 heterocycles. The highest BCUT2D eigenvalue weighted by Crippen LogP contribution is 2.37. The lowest BCUT2D eigenvalue weighted by Crippen LogP contribution is -1.98. The predicted molar refractivity (Wildman–Crippen MR) is 67.4 cm³/mol. The first-order valence-corrected chi connectivity index (χ1v) is 6.56. The highest BCUT2D eigenvalue weighted by Gasteiger charge is 2.24. The monoisotopic (exact) mass is 218 g/mol. The van der Waals surface area contributed by atoms with Crippen LogP contribution in [0.25, 0.3) is 0 Å². The second-order valence-corrected chi connectivity index (χ2v) is 5.04. The van der Waals surface area contributed by atoms with Crippen LogP contribution in [0.4, 0.5) is 0 Å². The van der Waals surface area contributed by atoms with Gasteiger partial charge in [-0.25, -0.2) is 0 Å². The average Bonchev–Trinajstić information content (AvgIpc) is 3.11. The summed E-state index contributed by atoms with van der Waals surface area (Å²) >= 11 is 0. The van der Waals surface area contributed by atoms with Crippen LogP contribution < -0.4 is 0 Å². The van der Waals surface area contributed by atoms with E-state index >= 15 is 0 Å². The lowest BCUT2D eigenvalue weighted by Gasteiger charge is -2.10. The first-order chi connectivity index (χ1) is 7.79. The first-order valence-electron chi connectivity index (χ1n) is 6.56. The number of benzene rings is 1. The molecule has 1 unspecified atom stereocenters. The van der Waals surface area contributed by atoms with Gasteiger partial charge in [-0.1, -0.05) is 50.5 Å². The van der Waals surface area contributed by atoms with E-state index < -0.39 is 0 Å². The Bertz CT molecular complexity index is 311. The lowest BCUT2D eigenvalue weighted by molar-refractivity contribution is 0.160. The van der Waals surface area contributed by atoms with E-state index in [-0.39, 0.29) is 6.10 Å². The topological polar surface area (TPSA) is 20.2 Å². The highest BCUT2D eigenvalue weighted by molar-refractivity contribution is 5.24. The summed E-state index contributed by atoms with van der Waals surface area (Å²) in [5.41, 5.74) is 2.48. The molecule has 0 radical (unpaired) electrons. The molecule has 1 nitrogen and oxygen atoms in total. The third-order valence-electron chi connectivity index (χ3n) is 3.44. The molecular weight excluding hydrogens is 196 g/mol. The third-order valence-corrected chi connectivity index (χ3v) is 3.44. The Kier molecular flexibility index (Phi) is 4.00. The molecule has 0 aliphatic heterocycles. The molecule has 1 saturated carbocycles. The maximum absolute atomic E-state index is 10.00. The van der Waals surface area contributed by atoms with Crippen molar-refractivity contribution in [3.63, 3.8) is 0 Å². The van der Waals surface area contributed by atoms with Gasteiger partial charge in [-0.15, -0.1) is 0 Å². The van der Waals surface area contributed by atoms with E-state index in [1.165, 1.54) is 31.2 Å². The van der Waals surface area contributed by atoms with E-state index in [1.54, 1.807) is 0 Å². The predicted octanol–water partition coefficient (Wildman–Crippen LogP) is 3.86. The summed E-state index contributed by atoms with van der Waals surface area (Å²) in [7, 11) is 0. The molecule has 88 valence electrons. The van der Waals surface area contributed by atoms with Crippen molar-refractivity contribution in [2.75, 3.05) is 0 Å². The fraction of sp³-hybridized carbons (Fsp3) is 0.600. The number of hydrogen-bond acceptors (Lipinski definition) is 1. The molecule has 1 heteroatoms. The quantitative estimate of drug-likeness (QED) is 0.768. The summed E-state index contributed by atoms with van der Waals surface area (Å²) in [5, 5.41) is 10.00. The summed E-state index contributed by atoms with van der Waals surface area (Å²) in [5.74, 6) is 0.787. The smallest absolute Gasteiger partial charge is 0.0792 e. The minimum Gasteiger partial charge on any atom is -0.388 e. The van der Waals surface area contributed by atoms with E-state index in [9.17, 15) is 5.11 Å². The van der Waals surface area contributed by atoms with E-state index in [0.717, 1.165) is 24.3 Å². The van der Waals surface area contributed by atoms with E-state index in [0.29, 0.717) is 0 Å². The fourth-order valence-electron chi connectivity index (χ4n) is 2.09. The second-order valence-electron chi connectivity index (χ2n) is 5.04. The number of aryl methyl sites for hydroxylation is 1. The van der Waals surface area contributed by atoms with Crippen molar-refractivity contribution in [3.05, 3.63) is 35.4 Å². The summed E-state index contributed by atoms with van der Waals surface area (Å²) in [6, 6.07) is 8.53. The number of rotatable bonds is 6. The van der Waals surface area contributed by atoms with Crippen molar-refractivity contribution in [3.8, 4) is 0 Å². The zero-order valence-electron chi connectivity index (χ0n) is 10.2. The molecule has 0 bridgehead atoms. The van der Waals surface area contributed by atoms with Gasteiger partial charge >= 0.3 is 0 Å². The Hall–Kier alpha value is -0.820. The summed E-state index contributed by atoms with van der Waals surface area (Å²) < 4.78 is 0. The number of aliphatic hydroxyl groups excluding tert-OH is 1. The minimum absolute atomic E-state index is 0.243. The molecule has 2 rings (SSSR count). The largest absolute Gasteiger partial charge is 0.388 e. The van der Waals surface area contributed by atoms with Gasteiger partial charge in [-0.05, 0) is 36.3 Å². The van der Waals surface area contributed by atoms with E-state index in [4.69, 9.17) is 0 Å². The van der Waals surface area contributed by atoms with Crippen LogP contribution in [-0.2, 0) is 6.42 Å². The Morgan fingerprint density at radius 3 is 2.50 bits per heavy atom. The van der Waals surface area contributed by atoms with Crippen molar-refractivity contribution >= 4 is 0 Å². The van der Waals surface area contributed by atoms with Crippen LogP contribution in [0.5, 0.6) is 0 Å². The molecule has 16 heavy (non-hydrogen) atoms. The van der Waals surface area contributed by atoms with Crippen LogP contribution in [-0.4, -0.2) is 5.11 Å². The molecular formula is C15H22O. The Labute approximate surface area is 98.5 Å². The number of aliphatic hydroxyl groups is 1. The van der Waals surface area contributed by atoms with Crippen molar-refractivity contribution in [2.45, 2.75) is 51.6 Å². The van der Waals surface area contributed by atoms with Crippen molar-refractivity contribution < 1.29 is 5.11 Å². The van der Waals surface area contributed by atoms with Crippen molar-refractivity contribution in [1.29, 1.82) is 0 Å². The highest BCUT2D eigenvalue weighted by atomic mass is 16.3. The van der Waals surface area contributed by atoms with Crippen molar-refractivity contribution in [1.82, 2.24) is 0 Å². The average molecular weight is 218 g/mol. The number of unbranched alkanes of at least 4 members (excludes halogenated alkanes) is 1. The van der Waals surface area contributed by atoms with Gasteiger partial charge in [-0.3, -0.25) is 0 Å². The molecule has 1 aliphatic carbocycles. The lowest BCUT2D eigenvalue weighted by atomic mass is 10.0. The van der Waals surface area contributed by atoms with E-state index in [2.05, 4.69) is 31.2 Å². The summed E-state index contributed by atoms with van der Waals surface area (Å²) in [6.45, 7) is 2.22. The van der Waals surface area contributed by atoms with Gasteiger partial charge in [-0.2, -0.15) is 0 Å². The SMILES string of the molecule is CCCCc1ccc(C(O)CC2CC2)cc1. The zero-order chi connectivity index (χ0) is 11.4. The standard InChI is InChI=1S/C15H22O/c1-2-3-4-12-7-9-14(10-8-12)15(16)11-13-5-6-13/h7-10,13,15-16H,2-6,11H2,1H3. The van der Waals surface area contributed by atoms with Crippen LogP contribution in [0.3, 0.4) is 0 Å². The molecule has 1 atom stereocenters. The maximum Gasteiger partial charge on any atom is 0.0792 e. The molecule has 1 aliphatic rings. The molecule has 0 saturated heterocycles. The van der Waals surface area contributed by atoms with Crippen LogP contribution in [0.2, 0.25) is 0 Å². The molecule has 1 fully saturated rings. The van der Waals surface area contributed by atoms with Crippen LogP contribution >= 0.6 is 0 Å². The van der Waals surface area contributed by atoms with Gasteiger partial charge < -0.3 is 5.11 Å². The fourth-order valence-corrected chi connectivity index (χ4v) is 2.09.